The molecule has 0 spiro atoms. The van der Waals surface area contributed by atoms with Crippen molar-refractivity contribution in [2.45, 2.75) is 115 Å². The molecule has 1 N–H and O–H groups in total. The standard InChI is InChI=1S/C30H42N4O4/c1-3-38-32-28(30(36)37)27-29(35)34(26-16-9-8-15-25(26)31-27)24-18-22-13-10-14-23(19-24)33(22)21-12-7-5-4-6-11-20(2)17-21/h8-9,15-16,20-24H,3-7,10-14,17-19H2,1-2H3,(H,36,37)/b32-28-/t20-,21-,22-,23+,24?/m1/s1. The molecule has 1 saturated carbocycles. The molecule has 5 rings (SSSR count). The Morgan fingerprint density at radius 1 is 0.974 bits per heavy atom. The Kier molecular flexibility index (Phi) is 8.46. The summed E-state index contributed by atoms with van der Waals surface area (Å²) in [5, 5.41) is 13.6. The molecule has 3 heterocycles. The van der Waals surface area contributed by atoms with Gasteiger partial charge in [0.25, 0.3) is 5.56 Å². The molecule has 1 unspecified atom stereocenters. The number of rotatable bonds is 6. The number of fused-ring (bicyclic) bond motifs is 3. The third-order valence-electron chi connectivity index (χ3n) is 8.96. The molecule has 8 heteroatoms. The second-order valence-electron chi connectivity index (χ2n) is 11.6. The van der Waals surface area contributed by atoms with Crippen LogP contribution in [0.4, 0.5) is 0 Å². The predicted octanol–water partition coefficient (Wildman–Crippen LogP) is 5.53. The Labute approximate surface area is 225 Å². The summed E-state index contributed by atoms with van der Waals surface area (Å²) in [7, 11) is 0. The van der Waals surface area contributed by atoms with E-state index in [0.717, 1.165) is 37.1 Å². The summed E-state index contributed by atoms with van der Waals surface area (Å²) in [5.41, 5.74) is 0.383. The first-order valence-electron chi connectivity index (χ1n) is 14.7. The first kappa shape index (κ1) is 26.9. The lowest BCUT2D eigenvalue weighted by atomic mass is 9.78. The van der Waals surface area contributed by atoms with Gasteiger partial charge in [-0.25, -0.2) is 9.78 Å². The van der Waals surface area contributed by atoms with Crippen LogP contribution >= 0.6 is 0 Å². The smallest absolute Gasteiger partial charge is 0.360 e. The van der Waals surface area contributed by atoms with Gasteiger partial charge in [0, 0.05) is 24.2 Å². The number of hydrogen-bond acceptors (Lipinski definition) is 6. The highest BCUT2D eigenvalue weighted by Gasteiger charge is 2.43. The molecule has 8 nitrogen and oxygen atoms in total. The van der Waals surface area contributed by atoms with Gasteiger partial charge in [-0.2, -0.15) is 0 Å². The van der Waals surface area contributed by atoms with Gasteiger partial charge in [-0.3, -0.25) is 9.69 Å². The topological polar surface area (TPSA) is 97.0 Å². The number of carboxylic acids is 1. The van der Waals surface area contributed by atoms with Crippen LogP contribution in [0.25, 0.3) is 11.0 Å². The number of carboxylic acid groups (broad SMARTS) is 1. The zero-order chi connectivity index (χ0) is 26.6. The van der Waals surface area contributed by atoms with E-state index in [0.29, 0.717) is 23.6 Å². The first-order valence-corrected chi connectivity index (χ1v) is 14.7. The maximum absolute atomic E-state index is 13.9. The van der Waals surface area contributed by atoms with Gasteiger partial charge < -0.3 is 14.5 Å². The zero-order valence-electron chi connectivity index (χ0n) is 22.8. The Bertz CT molecular complexity index is 1210. The minimum Gasteiger partial charge on any atom is -0.476 e. The molecule has 2 bridgehead atoms. The number of piperidine rings is 2. The van der Waals surface area contributed by atoms with E-state index in [9.17, 15) is 14.7 Å². The third kappa shape index (κ3) is 5.51. The molecule has 0 radical (unpaired) electrons. The summed E-state index contributed by atoms with van der Waals surface area (Å²) >= 11 is 0. The number of aromatic nitrogens is 2. The molecule has 1 aliphatic carbocycles. The normalized spacial score (nSPS) is 29.3. The lowest BCUT2D eigenvalue weighted by Gasteiger charge is -2.53. The van der Waals surface area contributed by atoms with Crippen molar-refractivity contribution in [3.05, 3.63) is 40.3 Å². The van der Waals surface area contributed by atoms with Gasteiger partial charge in [0.2, 0.25) is 5.71 Å². The number of oxime groups is 1. The van der Waals surface area contributed by atoms with E-state index in [-0.39, 0.29) is 18.3 Å². The van der Waals surface area contributed by atoms with E-state index >= 15 is 0 Å². The van der Waals surface area contributed by atoms with Gasteiger partial charge in [-0.1, -0.05) is 62.7 Å². The number of aliphatic carboxylic acids is 1. The van der Waals surface area contributed by atoms with Crippen molar-refractivity contribution in [2.75, 3.05) is 6.61 Å². The largest absolute Gasteiger partial charge is 0.476 e. The summed E-state index contributed by atoms with van der Waals surface area (Å²) < 4.78 is 1.83. The van der Waals surface area contributed by atoms with Crippen molar-refractivity contribution >= 4 is 22.7 Å². The van der Waals surface area contributed by atoms with E-state index in [1.165, 1.54) is 51.4 Å². The molecule has 0 amide bonds. The number of carbonyl (C=O) groups is 1. The molecule has 206 valence electrons. The van der Waals surface area contributed by atoms with Crippen LogP contribution in [0.3, 0.4) is 0 Å². The van der Waals surface area contributed by atoms with E-state index in [1.54, 1.807) is 6.92 Å². The number of nitrogens with zero attached hydrogens (tertiary/aromatic N) is 4. The number of para-hydroxylation sites is 2. The van der Waals surface area contributed by atoms with Crippen LogP contribution in [0.1, 0.15) is 103 Å². The lowest BCUT2D eigenvalue weighted by molar-refractivity contribution is -0.129. The monoisotopic (exact) mass is 522 g/mol. The van der Waals surface area contributed by atoms with Gasteiger partial charge in [-0.15, -0.1) is 0 Å². The van der Waals surface area contributed by atoms with Crippen molar-refractivity contribution in [1.29, 1.82) is 0 Å². The van der Waals surface area contributed by atoms with Crippen LogP contribution in [-0.2, 0) is 9.63 Å². The summed E-state index contributed by atoms with van der Waals surface area (Å²) in [5.74, 6) is -0.559. The summed E-state index contributed by atoms with van der Waals surface area (Å²) in [6.07, 6.45) is 14.6. The molecule has 38 heavy (non-hydrogen) atoms. The van der Waals surface area contributed by atoms with E-state index in [1.807, 2.05) is 28.8 Å². The SMILES string of the molecule is CCO/N=C(\C(=O)O)c1nc2ccccc2n(C2C[C@H]3CCC[C@@H](C2)N3[C@@H]2CCCCCC[C@@H](C)C2)c1=O. The molecule has 3 fully saturated rings. The maximum atomic E-state index is 13.9. The van der Waals surface area contributed by atoms with Crippen LogP contribution in [-0.4, -0.2) is 56.0 Å². The summed E-state index contributed by atoms with van der Waals surface area (Å²) in [6.45, 7) is 4.36. The van der Waals surface area contributed by atoms with Crippen molar-refractivity contribution in [2.24, 2.45) is 11.1 Å². The lowest BCUT2D eigenvalue weighted by Crippen LogP contribution is -2.57. The highest BCUT2D eigenvalue weighted by Crippen LogP contribution is 2.43. The number of hydrogen-bond donors (Lipinski definition) is 1. The van der Waals surface area contributed by atoms with Gasteiger partial charge >= 0.3 is 5.97 Å². The summed E-state index contributed by atoms with van der Waals surface area (Å²) in [6, 6.07) is 9.06. The summed E-state index contributed by atoms with van der Waals surface area (Å²) in [4.78, 5) is 38.4. The van der Waals surface area contributed by atoms with Gasteiger partial charge in [0.05, 0.1) is 11.0 Å². The Balaban J connectivity index is 1.52. The predicted molar refractivity (Wildman–Crippen MR) is 149 cm³/mol. The number of benzene rings is 1. The second kappa shape index (κ2) is 12.0. The molecule has 2 saturated heterocycles. The van der Waals surface area contributed by atoms with E-state index in [2.05, 4.69) is 22.0 Å². The minimum atomic E-state index is -1.31. The zero-order valence-corrected chi connectivity index (χ0v) is 22.8. The van der Waals surface area contributed by atoms with Crippen LogP contribution in [0.15, 0.2) is 34.2 Å². The maximum Gasteiger partial charge on any atom is 0.360 e. The molecule has 3 aliphatic rings. The Morgan fingerprint density at radius 3 is 2.34 bits per heavy atom. The fourth-order valence-electron chi connectivity index (χ4n) is 7.38. The highest BCUT2D eigenvalue weighted by molar-refractivity contribution is 6.41. The average molecular weight is 523 g/mol. The van der Waals surface area contributed by atoms with Gasteiger partial charge in [0.15, 0.2) is 5.69 Å². The van der Waals surface area contributed by atoms with Crippen LogP contribution in [0.5, 0.6) is 0 Å². The molecule has 1 aromatic heterocycles. The molecular formula is C30H42N4O4. The van der Waals surface area contributed by atoms with Crippen molar-refractivity contribution in [1.82, 2.24) is 14.5 Å². The van der Waals surface area contributed by atoms with Crippen LogP contribution in [0.2, 0.25) is 0 Å². The first-order chi connectivity index (χ1) is 18.5. The van der Waals surface area contributed by atoms with Gasteiger partial charge in [-0.05, 0) is 63.5 Å². The molecule has 5 atom stereocenters. The highest BCUT2D eigenvalue weighted by atomic mass is 16.6. The average Bonchev–Trinajstić information content (AvgIpc) is 3.00. The van der Waals surface area contributed by atoms with Crippen LogP contribution < -0.4 is 5.56 Å². The van der Waals surface area contributed by atoms with E-state index in [4.69, 9.17) is 4.84 Å². The quantitative estimate of drug-likeness (QED) is 0.396. The van der Waals surface area contributed by atoms with Gasteiger partial charge in [0.1, 0.15) is 6.61 Å². The van der Waals surface area contributed by atoms with Crippen molar-refractivity contribution in [3.63, 3.8) is 0 Å². The van der Waals surface area contributed by atoms with Crippen molar-refractivity contribution < 1.29 is 14.7 Å². The fourth-order valence-corrected chi connectivity index (χ4v) is 7.38. The van der Waals surface area contributed by atoms with Crippen LogP contribution in [0, 0.1) is 5.92 Å². The molecule has 1 aromatic carbocycles. The molecule has 2 aliphatic heterocycles. The Morgan fingerprint density at radius 2 is 1.63 bits per heavy atom. The third-order valence-corrected chi connectivity index (χ3v) is 8.96. The molecular weight excluding hydrogens is 480 g/mol. The minimum absolute atomic E-state index is 0.00315. The Hall–Kier alpha value is -2.74. The molecule has 2 aromatic rings. The second-order valence-corrected chi connectivity index (χ2v) is 11.6. The van der Waals surface area contributed by atoms with Crippen molar-refractivity contribution in [3.8, 4) is 0 Å². The fraction of sp³-hybridized carbons (Fsp3) is 0.667. The van der Waals surface area contributed by atoms with E-state index < -0.39 is 17.2 Å².